The molecule has 2 atom stereocenters. The van der Waals surface area contributed by atoms with Gasteiger partial charge in [-0.2, -0.15) is 0 Å². The molecule has 2 amide bonds. The molecule has 138 valence electrons. The topological polar surface area (TPSA) is 67.4 Å². The Morgan fingerprint density at radius 1 is 1.28 bits per heavy atom. The molecule has 25 heavy (non-hydrogen) atoms. The van der Waals surface area contributed by atoms with E-state index in [1.54, 1.807) is 6.07 Å². The van der Waals surface area contributed by atoms with Gasteiger partial charge in [0.2, 0.25) is 5.91 Å². The van der Waals surface area contributed by atoms with Gasteiger partial charge in [0.25, 0.3) is 0 Å². The number of hydrogen-bond donors (Lipinski definition) is 2. The maximum Gasteiger partial charge on any atom is 0.407 e. The van der Waals surface area contributed by atoms with Crippen molar-refractivity contribution in [1.29, 1.82) is 0 Å². The summed E-state index contributed by atoms with van der Waals surface area (Å²) >= 11 is 5.96. The number of ether oxygens (including phenoxy) is 1. The summed E-state index contributed by atoms with van der Waals surface area (Å²) in [5.74, 6) is -0.0662. The van der Waals surface area contributed by atoms with Gasteiger partial charge in [-0.25, -0.2) is 4.79 Å². The van der Waals surface area contributed by atoms with Crippen molar-refractivity contribution in [3.05, 3.63) is 34.9 Å². The Morgan fingerprint density at radius 3 is 2.72 bits per heavy atom. The second kappa shape index (κ2) is 8.56. The van der Waals surface area contributed by atoms with E-state index in [-0.39, 0.29) is 17.9 Å². The van der Waals surface area contributed by atoms with Crippen molar-refractivity contribution in [3.8, 4) is 0 Å². The molecular formula is C19H27ClN2O3. The summed E-state index contributed by atoms with van der Waals surface area (Å²) in [6.45, 7) is 5.96. The Kier molecular flexibility index (Phi) is 6.71. The molecule has 2 rings (SSSR count). The Balaban J connectivity index is 1.81. The van der Waals surface area contributed by atoms with Crippen molar-refractivity contribution < 1.29 is 14.3 Å². The van der Waals surface area contributed by atoms with Crippen molar-refractivity contribution in [2.75, 3.05) is 0 Å². The molecule has 1 aromatic rings. The van der Waals surface area contributed by atoms with Crippen LogP contribution in [0.4, 0.5) is 4.79 Å². The van der Waals surface area contributed by atoms with Gasteiger partial charge in [-0.1, -0.05) is 30.2 Å². The molecule has 0 aliphatic heterocycles. The van der Waals surface area contributed by atoms with Gasteiger partial charge < -0.3 is 15.4 Å². The first kappa shape index (κ1) is 19.6. The fourth-order valence-corrected chi connectivity index (χ4v) is 3.23. The van der Waals surface area contributed by atoms with E-state index in [2.05, 4.69) is 10.6 Å². The molecular weight excluding hydrogens is 340 g/mol. The molecule has 0 spiro atoms. The van der Waals surface area contributed by atoms with Crippen LogP contribution in [-0.2, 0) is 16.1 Å². The van der Waals surface area contributed by atoms with Crippen LogP contribution in [0.1, 0.15) is 52.0 Å². The third-order valence-electron chi connectivity index (χ3n) is 4.12. The lowest BCUT2D eigenvalue weighted by Gasteiger charge is -2.30. The molecule has 1 fully saturated rings. The van der Waals surface area contributed by atoms with Crippen LogP contribution in [-0.4, -0.2) is 23.6 Å². The zero-order valence-corrected chi connectivity index (χ0v) is 15.9. The zero-order valence-electron chi connectivity index (χ0n) is 15.1. The van der Waals surface area contributed by atoms with Crippen LogP contribution in [0.15, 0.2) is 24.3 Å². The van der Waals surface area contributed by atoms with Crippen molar-refractivity contribution >= 4 is 23.6 Å². The molecule has 1 aromatic carbocycles. The minimum absolute atomic E-state index is 0.0227. The van der Waals surface area contributed by atoms with Crippen molar-refractivity contribution in [2.45, 2.75) is 64.6 Å². The van der Waals surface area contributed by atoms with Gasteiger partial charge in [-0.05, 0) is 57.7 Å². The number of carbonyl (C=O) groups excluding carboxylic acids is 2. The van der Waals surface area contributed by atoms with Crippen LogP contribution < -0.4 is 10.6 Å². The monoisotopic (exact) mass is 366 g/mol. The predicted molar refractivity (Wildman–Crippen MR) is 98.4 cm³/mol. The lowest BCUT2D eigenvalue weighted by molar-refractivity contribution is -0.126. The fraction of sp³-hybridized carbons (Fsp3) is 0.579. The van der Waals surface area contributed by atoms with Gasteiger partial charge in [0, 0.05) is 23.5 Å². The van der Waals surface area contributed by atoms with Gasteiger partial charge in [-0.15, -0.1) is 0 Å². The lowest BCUT2D eigenvalue weighted by Crippen LogP contribution is -2.44. The first-order valence-electron chi connectivity index (χ1n) is 8.74. The van der Waals surface area contributed by atoms with Crippen molar-refractivity contribution in [3.63, 3.8) is 0 Å². The summed E-state index contributed by atoms with van der Waals surface area (Å²) in [6.07, 6.45) is 2.85. The molecule has 0 saturated heterocycles. The first-order chi connectivity index (χ1) is 11.7. The second-order valence-corrected chi connectivity index (χ2v) is 7.99. The predicted octanol–water partition coefficient (Wildman–Crippen LogP) is 4.04. The molecule has 0 heterocycles. The Hall–Kier alpha value is -1.75. The van der Waals surface area contributed by atoms with Gasteiger partial charge in [-0.3, -0.25) is 4.79 Å². The molecule has 1 aliphatic rings. The number of amides is 2. The molecule has 0 aromatic heterocycles. The molecule has 0 unspecified atom stereocenters. The van der Waals surface area contributed by atoms with E-state index in [0.717, 1.165) is 24.8 Å². The smallest absolute Gasteiger partial charge is 0.407 e. The number of alkyl carbamates (subject to hydrolysis) is 1. The average molecular weight is 367 g/mol. The van der Waals surface area contributed by atoms with E-state index in [4.69, 9.17) is 16.3 Å². The van der Waals surface area contributed by atoms with Crippen molar-refractivity contribution in [1.82, 2.24) is 10.6 Å². The van der Waals surface area contributed by atoms with Gasteiger partial charge in [0.15, 0.2) is 0 Å². The highest BCUT2D eigenvalue weighted by Gasteiger charge is 2.29. The van der Waals surface area contributed by atoms with Gasteiger partial charge in [0.05, 0.1) is 0 Å². The average Bonchev–Trinajstić information content (AvgIpc) is 2.51. The lowest BCUT2D eigenvalue weighted by atomic mass is 9.85. The Labute approximate surface area is 154 Å². The van der Waals surface area contributed by atoms with Crippen LogP contribution in [0.5, 0.6) is 0 Å². The number of benzene rings is 1. The number of hydrogen-bond acceptors (Lipinski definition) is 3. The van der Waals surface area contributed by atoms with Crippen LogP contribution in [0.2, 0.25) is 5.02 Å². The third-order valence-corrected chi connectivity index (χ3v) is 4.36. The van der Waals surface area contributed by atoms with Crippen LogP contribution in [0, 0.1) is 5.92 Å². The maximum absolute atomic E-state index is 12.4. The van der Waals surface area contributed by atoms with Crippen LogP contribution >= 0.6 is 11.6 Å². The fourth-order valence-electron chi connectivity index (χ4n) is 3.01. The number of halogens is 1. The number of nitrogens with one attached hydrogen (secondary N) is 2. The molecule has 2 N–H and O–H groups in total. The quantitative estimate of drug-likeness (QED) is 0.845. The summed E-state index contributed by atoms with van der Waals surface area (Å²) in [4.78, 5) is 24.3. The normalized spacial score (nSPS) is 20.6. The molecule has 5 nitrogen and oxygen atoms in total. The number of carbonyl (C=O) groups is 2. The van der Waals surface area contributed by atoms with Crippen LogP contribution in [0.25, 0.3) is 0 Å². The largest absolute Gasteiger partial charge is 0.444 e. The highest BCUT2D eigenvalue weighted by atomic mass is 35.5. The Bertz CT molecular complexity index is 613. The van der Waals surface area contributed by atoms with Crippen molar-refractivity contribution in [2.24, 2.45) is 5.92 Å². The third kappa shape index (κ3) is 6.94. The molecule has 0 bridgehead atoms. The minimum atomic E-state index is -0.521. The summed E-state index contributed by atoms with van der Waals surface area (Å²) in [5.41, 5.74) is 0.451. The van der Waals surface area contributed by atoms with E-state index in [0.29, 0.717) is 18.0 Å². The van der Waals surface area contributed by atoms with E-state index in [1.807, 2.05) is 39.0 Å². The highest BCUT2D eigenvalue weighted by molar-refractivity contribution is 6.30. The highest BCUT2D eigenvalue weighted by Crippen LogP contribution is 2.25. The Morgan fingerprint density at radius 2 is 2.04 bits per heavy atom. The van der Waals surface area contributed by atoms with E-state index < -0.39 is 11.7 Å². The summed E-state index contributed by atoms with van der Waals surface area (Å²) in [6, 6.07) is 7.42. The molecule has 0 radical (unpaired) electrons. The van der Waals surface area contributed by atoms with Crippen LogP contribution in [0.3, 0.4) is 0 Å². The summed E-state index contributed by atoms with van der Waals surface area (Å²) in [5, 5.41) is 6.51. The zero-order chi connectivity index (χ0) is 18.4. The molecule has 1 aliphatic carbocycles. The summed E-state index contributed by atoms with van der Waals surface area (Å²) in [7, 11) is 0. The van der Waals surface area contributed by atoms with E-state index in [9.17, 15) is 9.59 Å². The van der Waals surface area contributed by atoms with Gasteiger partial charge in [0.1, 0.15) is 5.60 Å². The minimum Gasteiger partial charge on any atom is -0.444 e. The molecule has 1 saturated carbocycles. The maximum atomic E-state index is 12.4. The number of rotatable bonds is 4. The van der Waals surface area contributed by atoms with E-state index >= 15 is 0 Å². The van der Waals surface area contributed by atoms with E-state index in [1.165, 1.54) is 0 Å². The SMILES string of the molecule is CC(C)(C)OC(=O)N[C@@H]1CCC[C@H](C(=O)NCc2cccc(Cl)c2)C1. The first-order valence-corrected chi connectivity index (χ1v) is 9.12. The van der Waals surface area contributed by atoms with Gasteiger partial charge >= 0.3 is 6.09 Å². The second-order valence-electron chi connectivity index (χ2n) is 7.55. The standard InChI is InChI=1S/C19H27ClN2O3/c1-19(2,3)25-18(24)22-16-9-5-7-14(11-16)17(23)21-12-13-6-4-8-15(20)10-13/h4,6,8,10,14,16H,5,7,9,11-12H2,1-3H3,(H,21,23)(H,22,24)/t14-,16+/m0/s1. The molecule has 6 heteroatoms. The summed E-state index contributed by atoms with van der Waals surface area (Å²) < 4.78 is 5.29.